The van der Waals surface area contributed by atoms with Crippen molar-refractivity contribution >= 4 is 11.8 Å². The van der Waals surface area contributed by atoms with Crippen molar-refractivity contribution in [3.05, 3.63) is 34.4 Å². The molecule has 3 nitrogen and oxygen atoms in total. The number of aryl methyl sites for hydroxylation is 3. The Bertz CT molecular complexity index is 531. The van der Waals surface area contributed by atoms with Crippen LogP contribution in [0.3, 0.4) is 0 Å². The van der Waals surface area contributed by atoms with Crippen LogP contribution < -0.4 is 0 Å². The first-order valence-corrected chi connectivity index (χ1v) is 6.47. The number of carbonyl (C=O) groups excluding carboxylic acids is 2. The molecule has 94 valence electrons. The summed E-state index contributed by atoms with van der Waals surface area (Å²) < 4.78 is 4.71. The largest absolute Gasteiger partial charge is 0.468 e. The van der Waals surface area contributed by atoms with Crippen LogP contribution in [0.25, 0.3) is 0 Å². The van der Waals surface area contributed by atoms with E-state index in [1.54, 1.807) is 0 Å². The molecule has 0 radical (unpaired) electrons. The summed E-state index contributed by atoms with van der Waals surface area (Å²) in [5, 5.41) is 0. The highest BCUT2D eigenvalue weighted by Crippen LogP contribution is 2.32. The van der Waals surface area contributed by atoms with E-state index in [1.165, 1.54) is 24.7 Å². The van der Waals surface area contributed by atoms with Crippen molar-refractivity contribution in [1.82, 2.24) is 0 Å². The second kappa shape index (κ2) is 4.23. The van der Waals surface area contributed by atoms with Gasteiger partial charge in [0.15, 0.2) is 5.78 Å². The number of benzene rings is 1. The molecule has 0 saturated heterocycles. The van der Waals surface area contributed by atoms with Crippen LogP contribution in [0.1, 0.15) is 39.9 Å². The van der Waals surface area contributed by atoms with Crippen molar-refractivity contribution in [3.8, 4) is 0 Å². The van der Waals surface area contributed by atoms with Crippen molar-refractivity contribution in [1.29, 1.82) is 0 Å². The predicted octanol–water partition coefficient (Wildman–Crippen LogP) is 2.09. The van der Waals surface area contributed by atoms with Crippen LogP contribution in [0.5, 0.6) is 0 Å². The van der Waals surface area contributed by atoms with Crippen LogP contribution in [0, 0.1) is 5.92 Å². The van der Waals surface area contributed by atoms with Crippen LogP contribution in [0.4, 0.5) is 0 Å². The maximum Gasteiger partial charge on any atom is 0.316 e. The zero-order valence-corrected chi connectivity index (χ0v) is 10.5. The van der Waals surface area contributed by atoms with Gasteiger partial charge in [-0.05, 0) is 54.9 Å². The van der Waals surface area contributed by atoms with E-state index < -0.39 is 11.9 Å². The molecule has 0 saturated carbocycles. The zero-order chi connectivity index (χ0) is 12.7. The van der Waals surface area contributed by atoms with Crippen LogP contribution in [-0.4, -0.2) is 18.9 Å². The molecule has 1 unspecified atom stereocenters. The molecular weight excluding hydrogens is 228 g/mol. The molecule has 0 aromatic heterocycles. The van der Waals surface area contributed by atoms with E-state index in [9.17, 15) is 9.59 Å². The van der Waals surface area contributed by atoms with Gasteiger partial charge in [-0.3, -0.25) is 9.59 Å². The Hall–Kier alpha value is -1.64. The normalized spacial score (nSPS) is 21.4. The van der Waals surface area contributed by atoms with Gasteiger partial charge in [0.05, 0.1) is 7.11 Å². The summed E-state index contributed by atoms with van der Waals surface area (Å²) in [5.41, 5.74) is 4.53. The molecule has 0 heterocycles. The molecule has 0 fully saturated rings. The first kappa shape index (κ1) is 11.5. The molecule has 3 heteroatoms. The van der Waals surface area contributed by atoms with Crippen molar-refractivity contribution in [2.75, 3.05) is 7.11 Å². The smallest absolute Gasteiger partial charge is 0.316 e. The molecule has 0 N–H and O–H groups in total. The lowest BCUT2D eigenvalue weighted by molar-refractivity contribution is -0.143. The van der Waals surface area contributed by atoms with Gasteiger partial charge in [0, 0.05) is 5.56 Å². The van der Waals surface area contributed by atoms with Gasteiger partial charge in [0.25, 0.3) is 0 Å². The topological polar surface area (TPSA) is 43.4 Å². The highest BCUT2D eigenvalue weighted by atomic mass is 16.5. The number of esters is 1. The fraction of sp³-hybridized carbons (Fsp3) is 0.467. The number of fused-ring (bicyclic) bond motifs is 2. The van der Waals surface area contributed by atoms with E-state index in [1.807, 2.05) is 6.07 Å². The molecule has 18 heavy (non-hydrogen) atoms. The van der Waals surface area contributed by atoms with Gasteiger partial charge in [0.1, 0.15) is 5.92 Å². The number of methoxy groups -OCH3 is 1. The van der Waals surface area contributed by atoms with E-state index in [0.717, 1.165) is 30.4 Å². The van der Waals surface area contributed by atoms with Crippen molar-refractivity contribution in [2.45, 2.75) is 32.1 Å². The van der Waals surface area contributed by atoms with Gasteiger partial charge in [-0.2, -0.15) is 0 Å². The molecule has 1 aromatic rings. The molecule has 0 spiro atoms. The Morgan fingerprint density at radius 2 is 1.89 bits per heavy atom. The fourth-order valence-electron chi connectivity index (χ4n) is 3.10. The third-order valence-corrected chi connectivity index (χ3v) is 4.09. The average Bonchev–Trinajstić information content (AvgIpc) is 2.83. The predicted molar refractivity (Wildman–Crippen MR) is 66.6 cm³/mol. The van der Waals surface area contributed by atoms with Crippen LogP contribution in [0.15, 0.2) is 12.1 Å². The highest BCUT2D eigenvalue weighted by Gasteiger charge is 2.34. The highest BCUT2D eigenvalue weighted by molar-refractivity contribution is 6.10. The Balaban J connectivity index is 2.00. The number of rotatable bonds is 1. The number of ether oxygens (including phenoxy) is 1. The Morgan fingerprint density at radius 3 is 2.61 bits per heavy atom. The monoisotopic (exact) mass is 244 g/mol. The first-order chi connectivity index (χ1) is 8.70. The van der Waals surface area contributed by atoms with E-state index in [2.05, 4.69) is 6.07 Å². The SMILES string of the molecule is COC(=O)C1CCc2cc3c(cc2C1=O)CCC3. The summed E-state index contributed by atoms with van der Waals surface area (Å²) >= 11 is 0. The van der Waals surface area contributed by atoms with Gasteiger partial charge in [0.2, 0.25) is 0 Å². The number of Topliss-reactive ketones (excluding diaryl/α,β-unsaturated/α-hetero) is 1. The van der Waals surface area contributed by atoms with Crippen LogP contribution in [-0.2, 0) is 28.8 Å². The summed E-state index contributed by atoms with van der Waals surface area (Å²) in [6, 6.07) is 4.18. The van der Waals surface area contributed by atoms with Crippen LogP contribution >= 0.6 is 0 Å². The summed E-state index contributed by atoms with van der Waals surface area (Å²) in [7, 11) is 1.34. The van der Waals surface area contributed by atoms with Crippen LogP contribution in [0.2, 0.25) is 0 Å². The number of ketones is 1. The average molecular weight is 244 g/mol. The lowest BCUT2D eigenvalue weighted by atomic mass is 9.81. The van der Waals surface area contributed by atoms with Crippen molar-refractivity contribution < 1.29 is 14.3 Å². The van der Waals surface area contributed by atoms with Gasteiger partial charge >= 0.3 is 5.97 Å². The maximum atomic E-state index is 12.3. The first-order valence-electron chi connectivity index (χ1n) is 6.47. The van der Waals surface area contributed by atoms with Gasteiger partial charge in [-0.25, -0.2) is 0 Å². The molecule has 0 aliphatic heterocycles. The second-order valence-electron chi connectivity index (χ2n) is 5.11. The minimum absolute atomic E-state index is 0.0576. The molecule has 1 atom stereocenters. The third kappa shape index (κ3) is 1.65. The second-order valence-corrected chi connectivity index (χ2v) is 5.11. The van der Waals surface area contributed by atoms with E-state index >= 15 is 0 Å². The van der Waals surface area contributed by atoms with Gasteiger partial charge in [-0.1, -0.05) is 6.07 Å². The summed E-state index contributed by atoms with van der Waals surface area (Å²) in [4.78, 5) is 23.9. The van der Waals surface area contributed by atoms with Gasteiger partial charge < -0.3 is 4.74 Å². The van der Waals surface area contributed by atoms with E-state index in [4.69, 9.17) is 4.74 Å². The zero-order valence-electron chi connectivity index (χ0n) is 10.5. The third-order valence-electron chi connectivity index (χ3n) is 4.09. The molecule has 0 bridgehead atoms. The minimum atomic E-state index is -0.595. The van der Waals surface area contributed by atoms with Crippen molar-refractivity contribution in [3.63, 3.8) is 0 Å². The van der Waals surface area contributed by atoms with E-state index in [0.29, 0.717) is 6.42 Å². The number of carbonyl (C=O) groups is 2. The summed E-state index contributed by atoms with van der Waals surface area (Å²) in [6.07, 6.45) is 4.73. The number of hydrogen-bond acceptors (Lipinski definition) is 3. The Labute approximate surface area is 106 Å². The molecular formula is C15H16O3. The minimum Gasteiger partial charge on any atom is -0.468 e. The standard InChI is InChI=1S/C15H16O3/c1-18-15(17)12-6-5-11-7-9-3-2-4-10(9)8-13(11)14(12)16/h7-8,12H,2-6H2,1H3. The summed E-state index contributed by atoms with van der Waals surface area (Å²) in [5.74, 6) is -1.05. The lowest BCUT2D eigenvalue weighted by Gasteiger charge is -2.22. The lowest BCUT2D eigenvalue weighted by Crippen LogP contribution is -2.30. The maximum absolute atomic E-state index is 12.3. The summed E-state index contributed by atoms with van der Waals surface area (Å²) in [6.45, 7) is 0. The van der Waals surface area contributed by atoms with E-state index in [-0.39, 0.29) is 5.78 Å². The molecule has 2 aliphatic rings. The van der Waals surface area contributed by atoms with Crippen molar-refractivity contribution in [2.24, 2.45) is 5.92 Å². The molecule has 3 rings (SSSR count). The Morgan fingerprint density at radius 1 is 1.17 bits per heavy atom. The van der Waals surface area contributed by atoms with Gasteiger partial charge in [-0.15, -0.1) is 0 Å². The number of hydrogen-bond donors (Lipinski definition) is 0. The quantitative estimate of drug-likeness (QED) is 0.561. The Kier molecular flexibility index (Phi) is 2.69. The molecule has 1 aromatic carbocycles. The molecule has 2 aliphatic carbocycles. The molecule has 0 amide bonds. The fourth-order valence-corrected chi connectivity index (χ4v) is 3.10.